The summed E-state index contributed by atoms with van der Waals surface area (Å²) < 4.78 is 64.4. The Bertz CT molecular complexity index is 2440. The number of esters is 1. The molecule has 8 rings (SSSR count). The van der Waals surface area contributed by atoms with Crippen LogP contribution in [-0.2, 0) is 87.0 Å². The van der Waals surface area contributed by atoms with E-state index in [9.17, 15) is 9.90 Å². The second kappa shape index (κ2) is 27.5. The van der Waals surface area contributed by atoms with Crippen LogP contribution in [-0.4, -0.2) is 97.7 Å². The van der Waals surface area contributed by atoms with Gasteiger partial charge in [-0.15, -0.1) is 11.8 Å². The van der Waals surface area contributed by atoms with Crippen LogP contribution in [0, 0.1) is 0 Å². The highest BCUT2D eigenvalue weighted by Gasteiger charge is 2.50. The van der Waals surface area contributed by atoms with Gasteiger partial charge in [0.1, 0.15) is 48.2 Å². The highest BCUT2D eigenvalue weighted by molar-refractivity contribution is 7.99. The summed E-state index contributed by atoms with van der Waals surface area (Å²) in [6, 6.07) is 56.4. The Morgan fingerprint density at radius 2 is 0.930 bits per heavy atom. The van der Waals surface area contributed by atoms with E-state index in [0.29, 0.717) is 30.1 Å². The molecule has 2 fully saturated rings. The first-order valence-corrected chi connectivity index (χ1v) is 25.3. The number of carbonyl (C=O) groups excluding carboxylic acids is 1. The molecule has 0 unspecified atom stereocenters. The van der Waals surface area contributed by atoms with Gasteiger partial charge in [0.15, 0.2) is 12.4 Å². The molecule has 2 heterocycles. The number of benzene rings is 6. The van der Waals surface area contributed by atoms with Gasteiger partial charge >= 0.3 is 5.97 Å². The monoisotopic (exact) mass is 984 g/mol. The maximum atomic E-state index is 14.5. The fourth-order valence-electron chi connectivity index (χ4n) is 8.62. The van der Waals surface area contributed by atoms with E-state index < -0.39 is 66.5 Å². The zero-order valence-electron chi connectivity index (χ0n) is 40.2. The molecule has 0 saturated carbocycles. The molecule has 6 aromatic rings. The molecule has 71 heavy (non-hydrogen) atoms. The molecule has 10 atom stereocenters. The van der Waals surface area contributed by atoms with Gasteiger partial charge in [0.2, 0.25) is 0 Å². The molecule has 0 bridgehead atoms. The number of aliphatic hydroxyl groups is 1. The lowest BCUT2D eigenvalue weighted by atomic mass is 9.98. The van der Waals surface area contributed by atoms with Crippen molar-refractivity contribution in [2.75, 3.05) is 26.1 Å². The van der Waals surface area contributed by atoms with Crippen molar-refractivity contribution in [2.24, 2.45) is 0 Å². The summed E-state index contributed by atoms with van der Waals surface area (Å²) in [5, 5.41) is 11.9. The quantitative estimate of drug-likeness (QED) is 0.0548. The molecule has 2 aliphatic heterocycles. The van der Waals surface area contributed by atoms with Gasteiger partial charge in [-0.3, -0.25) is 0 Å². The number of hydrogen-bond acceptors (Lipinski definition) is 13. The van der Waals surface area contributed by atoms with E-state index in [0.717, 1.165) is 27.8 Å². The summed E-state index contributed by atoms with van der Waals surface area (Å²) >= 11 is 1.53. The summed E-state index contributed by atoms with van der Waals surface area (Å²) in [6.07, 6.45) is -7.40. The maximum Gasteiger partial charge on any atom is 0.338 e. The number of ether oxygens (including phenoxy) is 10. The lowest BCUT2D eigenvalue weighted by Gasteiger charge is -2.45. The minimum absolute atomic E-state index is 0.0196. The number of aliphatic hydroxyl groups excluding tert-OH is 1. The third kappa shape index (κ3) is 15.1. The lowest BCUT2D eigenvalue weighted by molar-refractivity contribution is -0.315. The van der Waals surface area contributed by atoms with Gasteiger partial charge in [-0.05, 0) is 51.3 Å². The van der Waals surface area contributed by atoms with Crippen LogP contribution in [0.1, 0.15) is 50.7 Å². The fourth-order valence-corrected chi connectivity index (χ4v) is 9.57. The number of rotatable bonds is 25. The summed E-state index contributed by atoms with van der Waals surface area (Å²) in [5.41, 5.74) is 5.26. The van der Waals surface area contributed by atoms with E-state index in [1.54, 1.807) is 18.2 Å². The summed E-state index contributed by atoms with van der Waals surface area (Å²) in [5.74, 6) is 0.114. The van der Waals surface area contributed by atoms with E-state index in [4.69, 9.17) is 47.4 Å². The van der Waals surface area contributed by atoms with Crippen molar-refractivity contribution in [3.05, 3.63) is 215 Å². The highest BCUT2D eigenvalue weighted by atomic mass is 32.2. The summed E-state index contributed by atoms with van der Waals surface area (Å²) in [6.45, 7) is 3.83. The highest BCUT2D eigenvalue weighted by Crippen LogP contribution is 2.36. The molecule has 1 N–H and O–H groups in total. The van der Waals surface area contributed by atoms with E-state index in [2.05, 4.69) is 0 Å². The van der Waals surface area contributed by atoms with Crippen LogP contribution < -0.4 is 0 Å². The van der Waals surface area contributed by atoms with Crippen molar-refractivity contribution in [2.45, 2.75) is 107 Å². The van der Waals surface area contributed by atoms with Crippen LogP contribution in [0.2, 0.25) is 0 Å². The van der Waals surface area contributed by atoms with Crippen LogP contribution in [0.15, 0.2) is 176 Å². The molecular weight excluding hydrogens is 921 g/mol. The third-order valence-corrected chi connectivity index (χ3v) is 13.3. The molecular formula is C58H64O12S. The smallest absolute Gasteiger partial charge is 0.338 e. The first-order chi connectivity index (χ1) is 34.9. The zero-order chi connectivity index (χ0) is 49.0. The van der Waals surface area contributed by atoms with E-state index in [1.807, 2.05) is 165 Å². The lowest BCUT2D eigenvalue weighted by Crippen LogP contribution is -2.60. The molecule has 12 nitrogen and oxygen atoms in total. The van der Waals surface area contributed by atoms with Gasteiger partial charge in [-0.2, -0.15) is 0 Å². The van der Waals surface area contributed by atoms with Crippen LogP contribution in [0.5, 0.6) is 0 Å². The summed E-state index contributed by atoms with van der Waals surface area (Å²) in [4.78, 5) is 14.5. The third-order valence-electron chi connectivity index (χ3n) is 12.3. The molecule has 6 aromatic carbocycles. The van der Waals surface area contributed by atoms with Crippen molar-refractivity contribution in [3.8, 4) is 0 Å². The molecule has 0 radical (unpaired) electrons. The molecule has 0 aliphatic carbocycles. The van der Waals surface area contributed by atoms with Crippen LogP contribution >= 0.6 is 11.8 Å². The standard InChI is InChI=1S/C58H64O12S/c1-3-71-58-55(53(66-36-44-26-15-7-16-27-44)51(64-35-43-24-13-6-14-25-43)49(69-58)40-63-34-42-22-11-5-12-23-42)70-56(60)47-31-19-30-46(32-47)38-65-52-50(59)48(39-62-33-41-20-9-4-10-21-41)68-57(61-2)54(52)67-37-45-28-17-8-18-29-45/h4-32,48-55,57-59H,3,33-40H2,1-2H3/t48-,49-,50-,51-,52+,53+,54-,55-,57+,58+/m1/s1. The topological polar surface area (TPSA) is 130 Å². The normalized spacial score (nSPS) is 24.3. The van der Waals surface area contributed by atoms with Crippen LogP contribution in [0.3, 0.4) is 0 Å². The Kier molecular flexibility index (Phi) is 20.2. The number of thioether (sulfide) groups is 1. The predicted octanol–water partition coefficient (Wildman–Crippen LogP) is 9.50. The van der Waals surface area contributed by atoms with Gasteiger partial charge in [0.05, 0.1) is 58.4 Å². The minimum atomic E-state index is -1.15. The van der Waals surface area contributed by atoms with Crippen molar-refractivity contribution in [1.82, 2.24) is 0 Å². The number of methoxy groups -OCH3 is 1. The number of hydrogen-bond donors (Lipinski definition) is 1. The second-order valence-electron chi connectivity index (χ2n) is 17.4. The van der Waals surface area contributed by atoms with Gasteiger partial charge in [-0.1, -0.05) is 171 Å². The Balaban J connectivity index is 1.01. The first kappa shape index (κ1) is 52.1. The van der Waals surface area contributed by atoms with Crippen LogP contribution in [0.25, 0.3) is 0 Å². The van der Waals surface area contributed by atoms with E-state index in [-0.39, 0.29) is 39.6 Å². The van der Waals surface area contributed by atoms with Gasteiger partial charge in [0, 0.05) is 7.11 Å². The van der Waals surface area contributed by atoms with Gasteiger partial charge in [-0.25, -0.2) is 4.79 Å². The fraction of sp³-hybridized carbons (Fsp3) is 0.362. The minimum Gasteiger partial charge on any atom is -0.452 e. The Morgan fingerprint density at radius 1 is 0.493 bits per heavy atom. The Morgan fingerprint density at radius 3 is 1.44 bits per heavy atom. The van der Waals surface area contributed by atoms with Crippen molar-refractivity contribution < 1.29 is 57.3 Å². The van der Waals surface area contributed by atoms with Crippen molar-refractivity contribution in [1.29, 1.82) is 0 Å². The molecule has 0 amide bonds. The van der Waals surface area contributed by atoms with Crippen molar-refractivity contribution >= 4 is 17.7 Å². The SMILES string of the molecule is CCS[C@@H]1O[C@H](COCc2ccccc2)[C@@H](OCc2ccccc2)[C@H](OCc2ccccc2)[C@H]1OC(=O)c1cccc(CO[C@H]2[C@H](O)[C@@H](COCc3ccccc3)O[C@H](OC)[C@@H]2OCc2ccccc2)c1. The molecule has 374 valence electrons. The van der Waals surface area contributed by atoms with E-state index in [1.165, 1.54) is 18.9 Å². The number of carbonyl (C=O) groups is 1. The zero-order valence-corrected chi connectivity index (χ0v) is 41.0. The molecule has 0 spiro atoms. The maximum absolute atomic E-state index is 14.5. The van der Waals surface area contributed by atoms with E-state index >= 15 is 0 Å². The summed E-state index contributed by atoms with van der Waals surface area (Å²) in [7, 11) is 1.53. The average Bonchev–Trinajstić information content (AvgIpc) is 3.41. The predicted molar refractivity (Wildman–Crippen MR) is 270 cm³/mol. The van der Waals surface area contributed by atoms with Crippen molar-refractivity contribution in [3.63, 3.8) is 0 Å². The molecule has 2 aliphatic rings. The molecule has 13 heteroatoms. The Hall–Kier alpha value is -5.26. The first-order valence-electron chi connectivity index (χ1n) is 24.2. The van der Waals surface area contributed by atoms with Gasteiger partial charge in [0.25, 0.3) is 0 Å². The Labute approximate surface area is 421 Å². The average molecular weight is 985 g/mol. The second-order valence-corrected chi connectivity index (χ2v) is 18.8. The molecule has 2 saturated heterocycles. The molecule has 0 aromatic heterocycles. The van der Waals surface area contributed by atoms with Gasteiger partial charge < -0.3 is 52.5 Å². The van der Waals surface area contributed by atoms with Crippen LogP contribution in [0.4, 0.5) is 0 Å². The largest absolute Gasteiger partial charge is 0.452 e.